The molecule has 108 valence electrons. The van der Waals surface area contributed by atoms with Gasteiger partial charge in [0.1, 0.15) is 0 Å². The van der Waals surface area contributed by atoms with Crippen molar-refractivity contribution in [2.45, 2.75) is 19.9 Å². The summed E-state index contributed by atoms with van der Waals surface area (Å²) in [5.74, 6) is -0.251. The number of amides is 1. The first-order valence-electron chi connectivity index (χ1n) is 6.41. The maximum Gasteiger partial charge on any atom is 0.329 e. The summed E-state index contributed by atoms with van der Waals surface area (Å²) in [5.41, 5.74) is 1.96. The van der Waals surface area contributed by atoms with Crippen molar-refractivity contribution in [3.05, 3.63) is 34.2 Å². The molecule has 1 heterocycles. The summed E-state index contributed by atoms with van der Waals surface area (Å²) in [5, 5.41) is 1.15. The molecular formula is C14H19N3O3. The molecule has 0 radical (unpaired) electrons. The van der Waals surface area contributed by atoms with Crippen molar-refractivity contribution in [3.63, 3.8) is 0 Å². The molecule has 0 aliphatic carbocycles. The van der Waals surface area contributed by atoms with Crippen LogP contribution in [0.2, 0.25) is 0 Å². The molecule has 0 aliphatic rings. The summed E-state index contributed by atoms with van der Waals surface area (Å²) in [6.45, 7) is 3.91. The lowest BCUT2D eigenvalue weighted by Crippen LogP contribution is -2.25. The standard InChI is InChI=1S/C14H19N3O3/c1-9(2)17-11-7-6-10(13(18)16(4)20-5)8-12(11)15(3)14(17)19/h6-9H,1-5H3. The molecule has 20 heavy (non-hydrogen) atoms. The number of hydrogen-bond donors (Lipinski definition) is 0. The van der Waals surface area contributed by atoms with Gasteiger partial charge in [-0.1, -0.05) is 0 Å². The van der Waals surface area contributed by atoms with Gasteiger partial charge in [-0.3, -0.25) is 18.8 Å². The molecule has 2 aromatic rings. The highest BCUT2D eigenvalue weighted by molar-refractivity contribution is 5.96. The molecular weight excluding hydrogens is 258 g/mol. The molecule has 1 aromatic heterocycles. The lowest BCUT2D eigenvalue weighted by molar-refractivity contribution is -0.0756. The Morgan fingerprint density at radius 2 is 1.95 bits per heavy atom. The smallest absolute Gasteiger partial charge is 0.295 e. The second-order valence-electron chi connectivity index (χ2n) is 4.99. The zero-order valence-corrected chi connectivity index (χ0v) is 12.4. The lowest BCUT2D eigenvalue weighted by Gasteiger charge is -2.13. The minimum atomic E-state index is -0.251. The fourth-order valence-electron chi connectivity index (χ4n) is 2.26. The molecule has 1 amide bonds. The number of aryl methyl sites for hydroxylation is 1. The Labute approximate surface area is 117 Å². The van der Waals surface area contributed by atoms with Crippen LogP contribution < -0.4 is 5.69 Å². The number of carbonyl (C=O) groups excluding carboxylic acids is 1. The van der Waals surface area contributed by atoms with Crippen LogP contribution in [0.1, 0.15) is 30.2 Å². The van der Waals surface area contributed by atoms with E-state index in [1.165, 1.54) is 7.11 Å². The van der Waals surface area contributed by atoms with E-state index in [2.05, 4.69) is 0 Å². The number of hydrogen-bond acceptors (Lipinski definition) is 3. The van der Waals surface area contributed by atoms with Crippen LogP contribution in [0.5, 0.6) is 0 Å². The van der Waals surface area contributed by atoms with Gasteiger partial charge in [0.05, 0.1) is 18.1 Å². The molecule has 0 unspecified atom stereocenters. The van der Waals surface area contributed by atoms with Crippen LogP contribution in [0.25, 0.3) is 11.0 Å². The van der Waals surface area contributed by atoms with E-state index in [1.807, 2.05) is 13.8 Å². The Hall–Kier alpha value is -2.08. The Kier molecular flexibility index (Phi) is 3.67. The first-order valence-corrected chi connectivity index (χ1v) is 6.41. The summed E-state index contributed by atoms with van der Waals surface area (Å²) in [7, 11) is 4.68. The summed E-state index contributed by atoms with van der Waals surface area (Å²) in [6, 6.07) is 5.29. The molecule has 0 aliphatic heterocycles. The van der Waals surface area contributed by atoms with Crippen molar-refractivity contribution in [1.82, 2.24) is 14.2 Å². The van der Waals surface area contributed by atoms with Gasteiger partial charge in [-0.05, 0) is 32.0 Å². The normalized spacial score (nSPS) is 11.3. The van der Waals surface area contributed by atoms with Gasteiger partial charge in [-0.15, -0.1) is 0 Å². The second-order valence-corrected chi connectivity index (χ2v) is 4.99. The highest BCUT2D eigenvalue weighted by atomic mass is 16.7. The minimum absolute atomic E-state index is 0.0643. The number of benzene rings is 1. The fourth-order valence-corrected chi connectivity index (χ4v) is 2.26. The molecule has 0 spiro atoms. The van der Waals surface area contributed by atoms with Gasteiger partial charge in [0, 0.05) is 25.7 Å². The number of carbonyl (C=O) groups is 1. The third-order valence-electron chi connectivity index (χ3n) is 3.41. The molecule has 0 saturated carbocycles. The summed E-state index contributed by atoms with van der Waals surface area (Å²) in [4.78, 5) is 29.2. The van der Waals surface area contributed by atoms with Crippen LogP contribution in [0.4, 0.5) is 0 Å². The molecule has 6 nitrogen and oxygen atoms in total. The highest BCUT2D eigenvalue weighted by Crippen LogP contribution is 2.18. The van der Waals surface area contributed by atoms with Crippen LogP contribution in [0.3, 0.4) is 0 Å². The van der Waals surface area contributed by atoms with E-state index in [0.29, 0.717) is 5.56 Å². The number of hydroxylamine groups is 2. The van der Waals surface area contributed by atoms with Gasteiger partial charge in [-0.2, -0.15) is 0 Å². The molecule has 0 saturated heterocycles. The van der Waals surface area contributed by atoms with Gasteiger partial charge in [0.15, 0.2) is 0 Å². The van der Waals surface area contributed by atoms with E-state index in [0.717, 1.165) is 16.1 Å². The van der Waals surface area contributed by atoms with E-state index < -0.39 is 0 Å². The summed E-state index contributed by atoms with van der Waals surface area (Å²) < 4.78 is 3.27. The Bertz CT molecular complexity index is 712. The first-order chi connectivity index (χ1) is 9.38. The molecule has 0 fully saturated rings. The van der Waals surface area contributed by atoms with Crippen molar-refractivity contribution in [1.29, 1.82) is 0 Å². The lowest BCUT2D eigenvalue weighted by atomic mass is 10.2. The quantitative estimate of drug-likeness (QED) is 0.800. The van der Waals surface area contributed by atoms with Crippen molar-refractivity contribution < 1.29 is 9.63 Å². The van der Waals surface area contributed by atoms with E-state index in [9.17, 15) is 9.59 Å². The number of aromatic nitrogens is 2. The fraction of sp³-hybridized carbons (Fsp3) is 0.429. The Morgan fingerprint density at radius 3 is 2.50 bits per heavy atom. The molecule has 1 aromatic carbocycles. The zero-order chi connectivity index (χ0) is 15.0. The third-order valence-corrected chi connectivity index (χ3v) is 3.41. The topological polar surface area (TPSA) is 56.5 Å². The van der Waals surface area contributed by atoms with Crippen molar-refractivity contribution in [2.24, 2.45) is 7.05 Å². The Balaban J connectivity index is 2.65. The third kappa shape index (κ3) is 2.12. The van der Waals surface area contributed by atoms with Crippen molar-refractivity contribution in [3.8, 4) is 0 Å². The van der Waals surface area contributed by atoms with Crippen LogP contribution in [0, 0.1) is 0 Å². The Morgan fingerprint density at radius 1 is 1.30 bits per heavy atom. The molecule has 2 rings (SSSR count). The molecule has 0 N–H and O–H groups in total. The zero-order valence-electron chi connectivity index (χ0n) is 12.4. The van der Waals surface area contributed by atoms with Gasteiger partial charge in [0.25, 0.3) is 5.91 Å². The van der Waals surface area contributed by atoms with Crippen LogP contribution in [-0.4, -0.2) is 34.3 Å². The van der Waals surface area contributed by atoms with Crippen LogP contribution in [-0.2, 0) is 11.9 Å². The van der Waals surface area contributed by atoms with Gasteiger partial charge >= 0.3 is 5.69 Å². The average Bonchev–Trinajstić information content (AvgIpc) is 2.69. The van der Waals surface area contributed by atoms with E-state index in [-0.39, 0.29) is 17.6 Å². The number of rotatable bonds is 3. The largest absolute Gasteiger partial charge is 0.329 e. The summed E-state index contributed by atoms with van der Waals surface area (Å²) >= 11 is 0. The maximum atomic E-state index is 12.2. The van der Waals surface area contributed by atoms with Crippen molar-refractivity contribution in [2.75, 3.05) is 14.2 Å². The first kappa shape index (κ1) is 14.3. The molecule has 0 atom stereocenters. The van der Waals surface area contributed by atoms with Gasteiger partial charge < -0.3 is 0 Å². The molecule has 6 heteroatoms. The number of nitrogens with zero attached hydrogens (tertiary/aromatic N) is 3. The van der Waals surface area contributed by atoms with Crippen LogP contribution in [0.15, 0.2) is 23.0 Å². The van der Waals surface area contributed by atoms with Gasteiger partial charge in [0.2, 0.25) is 0 Å². The maximum absolute atomic E-state index is 12.2. The monoisotopic (exact) mass is 277 g/mol. The molecule has 0 bridgehead atoms. The van der Waals surface area contributed by atoms with Crippen molar-refractivity contribution >= 4 is 16.9 Å². The minimum Gasteiger partial charge on any atom is -0.295 e. The van der Waals surface area contributed by atoms with E-state index in [4.69, 9.17) is 4.84 Å². The van der Waals surface area contributed by atoms with Gasteiger partial charge in [-0.25, -0.2) is 9.86 Å². The average molecular weight is 277 g/mol. The predicted molar refractivity (Wildman–Crippen MR) is 76.7 cm³/mol. The SMILES string of the molecule is CON(C)C(=O)c1ccc2c(c1)n(C)c(=O)n2C(C)C. The van der Waals surface area contributed by atoms with Crippen LogP contribution >= 0.6 is 0 Å². The summed E-state index contributed by atoms with van der Waals surface area (Å²) in [6.07, 6.45) is 0. The van der Waals surface area contributed by atoms with E-state index >= 15 is 0 Å². The predicted octanol–water partition coefficient (Wildman–Crippen LogP) is 1.55. The second kappa shape index (κ2) is 5.13. The number of fused-ring (bicyclic) bond motifs is 1. The van der Waals surface area contributed by atoms with E-state index in [1.54, 1.807) is 41.4 Å². The highest BCUT2D eigenvalue weighted by Gasteiger charge is 2.17. The number of imidazole rings is 1.